The van der Waals surface area contributed by atoms with Crippen molar-refractivity contribution in [1.29, 1.82) is 0 Å². The predicted molar refractivity (Wildman–Crippen MR) is 136 cm³/mol. The molecule has 0 unspecified atom stereocenters. The molecule has 4 rings (SSSR count). The summed E-state index contributed by atoms with van der Waals surface area (Å²) < 4.78 is 12.3. The third-order valence-electron chi connectivity index (χ3n) is 5.82. The molecule has 0 radical (unpaired) electrons. The maximum atomic E-state index is 13.1. The fourth-order valence-electron chi connectivity index (χ4n) is 4.03. The van der Waals surface area contributed by atoms with E-state index in [-0.39, 0.29) is 11.4 Å². The van der Waals surface area contributed by atoms with Gasteiger partial charge in [0.1, 0.15) is 16.9 Å². The number of nitrogens with two attached hydrogens (primary N) is 1. The van der Waals surface area contributed by atoms with Crippen molar-refractivity contribution < 1.29 is 19.1 Å². The molecule has 0 aliphatic rings. The number of benzene rings is 2. The summed E-state index contributed by atoms with van der Waals surface area (Å²) in [5, 5.41) is 0. The summed E-state index contributed by atoms with van der Waals surface area (Å²) >= 11 is 0. The first-order valence-corrected chi connectivity index (χ1v) is 12.1. The number of nitrogens with zero attached hydrogens (tertiary/aromatic N) is 3. The van der Waals surface area contributed by atoms with Crippen LogP contribution in [0.5, 0.6) is 0 Å². The number of hydrogen-bond donors (Lipinski definition) is 1. The highest BCUT2D eigenvalue weighted by molar-refractivity contribution is 6.09. The van der Waals surface area contributed by atoms with Gasteiger partial charge in [-0.3, -0.25) is 4.57 Å². The highest BCUT2D eigenvalue weighted by Crippen LogP contribution is 2.31. The van der Waals surface area contributed by atoms with Crippen LogP contribution in [0.15, 0.2) is 48.5 Å². The van der Waals surface area contributed by atoms with Crippen LogP contribution >= 0.6 is 0 Å². The van der Waals surface area contributed by atoms with E-state index in [1.165, 1.54) is 6.42 Å². The standard InChI is InChI=1S/C27H30N4O4/c1-3-5-6-7-10-17-35-27(33)22-23-25(30-21-12-9-8-11-20(21)29-23)31(24(22)28)19-15-13-18(14-16-19)26(32)34-4-2/h8-9,11-16H,3-7,10,17,28H2,1-2H3. The second-order valence-electron chi connectivity index (χ2n) is 8.30. The Morgan fingerprint density at radius 3 is 2.23 bits per heavy atom. The summed E-state index contributed by atoms with van der Waals surface area (Å²) in [5.74, 6) is -0.733. The third kappa shape index (κ3) is 5.11. The van der Waals surface area contributed by atoms with E-state index in [0.29, 0.717) is 46.7 Å². The van der Waals surface area contributed by atoms with Gasteiger partial charge >= 0.3 is 11.9 Å². The van der Waals surface area contributed by atoms with Gasteiger partial charge in [0.15, 0.2) is 5.65 Å². The van der Waals surface area contributed by atoms with Crippen LogP contribution in [-0.4, -0.2) is 39.7 Å². The van der Waals surface area contributed by atoms with Crippen molar-refractivity contribution in [3.8, 4) is 5.69 Å². The van der Waals surface area contributed by atoms with Crippen molar-refractivity contribution in [1.82, 2.24) is 14.5 Å². The molecule has 2 N–H and O–H groups in total. The number of hydrogen-bond acceptors (Lipinski definition) is 7. The zero-order valence-electron chi connectivity index (χ0n) is 20.1. The SMILES string of the molecule is CCCCCCCOC(=O)c1c(N)n(-c2ccc(C(=O)OCC)cc2)c2nc3ccccc3nc12. The van der Waals surface area contributed by atoms with Crippen molar-refractivity contribution in [2.24, 2.45) is 0 Å². The molecule has 35 heavy (non-hydrogen) atoms. The summed E-state index contributed by atoms with van der Waals surface area (Å²) in [6, 6.07) is 14.2. The topological polar surface area (TPSA) is 109 Å². The van der Waals surface area contributed by atoms with Crippen LogP contribution in [0.3, 0.4) is 0 Å². The molecule has 0 aliphatic heterocycles. The fraction of sp³-hybridized carbons (Fsp3) is 0.333. The van der Waals surface area contributed by atoms with E-state index in [4.69, 9.17) is 25.2 Å². The van der Waals surface area contributed by atoms with Crippen LogP contribution in [0.25, 0.3) is 27.9 Å². The molecule has 0 saturated heterocycles. The van der Waals surface area contributed by atoms with Gasteiger partial charge < -0.3 is 15.2 Å². The Kier molecular flexibility index (Phi) is 7.60. The van der Waals surface area contributed by atoms with Gasteiger partial charge in [0, 0.05) is 5.69 Å². The lowest BCUT2D eigenvalue weighted by Crippen LogP contribution is -2.10. The van der Waals surface area contributed by atoms with Crippen molar-refractivity contribution in [3.63, 3.8) is 0 Å². The van der Waals surface area contributed by atoms with Gasteiger partial charge in [-0.1, -0.05) is 44.7 Å². The Bertz CT molecular complexity index is 1350. The van der Waals surface area contributed by atoms with E-state index in [9.17, 15) is 9.59 Å². The molecule has 182 valence electrons. The van der Waals surface area contributed by atoms with Gasteiger partial charge in [0.2, 0.25) is 0 Å². The van der Waals surface area contributed by atoms with Gasteiger partial charge in [0.05, 0.1) is 29.8 Å². The minimum absolute atomic E-state index is 0.190. The molecule has 2 aromatic carbocycles. The first-order valence-electron chi connectivity index (χ1n) is 12.1. The van der Waals surface area contributed by atoms with Crippen LogP contribution in [0.1, 0.15) is 66.7 Å². The first-order chi connectivity index (χ1) is 17.0. The molecule has 0 aliphatic carbocycles. The van der Waals surface area contributed by atoms with Gasteiger partial charge in [-0.05, 0) is 49.7 Å². The Labute approximate surface area is 204 Å². The Balaban J connectivity index is 1.73. The molecule has 0 spiro atoms. The molecule has 0 amide bonds. The normalized spacial score (nSPS) is 11.1. The van der Waals surface area contributed by atoms with Gasteiger partial charge in [0.25, 0.3) is 0 Å². The van der Waals surface area contributed by atoms with Crippen LogP contribution in [0.2, 0.25) is 0 Å². The average Bonchev–Trinajstić information content (AvgIpc) is 3.15. The third-order valence-corrected chi connectivity index (χ3v) is 5.82. The van der Waals surface area contributed by atoms with E-state index >= 15 is 0 Å². The number of unbranched alkanes of at least 4 members (excludes halogenated alkanes) is 4. The lowest BCUT2D eigenvalue weighted by Gasteiger charge is -2.09. The monoisotopic (exact) mass is 474 g/mol. The van der Waals surface area contributed by atoms with E-state index in [0.717, 1.165) is 25.7 Å². The van der Waals surface area contributed by atoms with E-state index in [1.54, 1.807) is 35.8 Å². The Hall–Kier alpha value is -3.94. The molecule has 0 fully saturated rings. The quantitative estimate of drug-likeness (QED) is 0.240. The van der Waals surface area contributed by atoms with Crippen molar-refractivity contribution in [2.45, 2.75) is 46.0 Å². The molecule has 4 aromatic rings. The molecule has 2 heterocycles. The van der Waals surface area contributed by atoms with E-state index in [1.807, 2.05) is 24.3 Å². The summed E-state index contributed by atoms with van der Waals surface area (Å²) in [6.45, 7) is 4.54. The number of para-hydroxylation sites is 2. The number of carbonyl (C=O) groups is 2. The highest BCUT2D eigenvalue weighted by Gasteiger charge is 2.26. The predicted octanol–water partition coefficient (Wildman–Crippen LogP) is 5.46. The number of anilines is 1. The summed E-state index contributed by atoms with van der Waals surface area (Å²) in [5.41, 5.74) is 9.94. The fourth-order valence-corrected chi connectivity index (χ4v) is 4.03. The molecule has 0 atom stereocenters. The number of fused-ring (bicyclic) bond motifs is 2. The average molecular weight is 475 g/mol. The maximum Gasteiger partial charge on any atom is 0.344 e. The highest BCUT2D eigenvalue weighted by atomic mass is 16.5. The second-order valence-corrected chi connectivity index (χ2v) is 8.30. The molecule has 8 heteroatoms. The van der Waals surface area contributed by atoms with E-state index in [2.05, 4.69) is 6.92 Å². The van der Waals surface area contributed by atoms with E-state index < -0.39 is 11.9 Å². The lowest BCUT2D eigenvalue weighted by atomic mass is 10.2. The molecular weight excluding hydrogens is 444 g/mol. The van der Waals surface area contributed by atoms with Crippen LogP contribution < -0.4 is 5.73 Å². The number of nitrogen functional groups attached to an aromatic ring is 1. The second kappa shape index (κ2) is 11.0. The Morgan fingerprint density at radius 2 is 1.54 bits per heavy atom. The first kappa shape index (κ1) is 24.2. The number of aromatic nitrogens is 3. The smallest absolute Gasteiger partial charge is 0.344 e. The van der Waals surface area contributed by atoms with Crippen molar-refractivity contribution >= 4 is 40.0 Å². The molecule has 0 bridgehead atoms. The Morgan fingerprint density at radius 1 is 0.857 bits per heavy atom. The van der Waals surface area contributed by atoms with Crippen LogP contribution in [0, 0.1) is 0 Å². The zero-order chi connectivity index (χ0) is 24.8. The van der Waals surface area contributed by atoms with Gasteiger partial charge in [-0.2, -0.15) is 0 Å². The molecule has 0 saturated carbocycles. The summed E-state index contributed by atoms with van der Waals surface area (Å²) in [6.07, 6.45) is 5.26. The minimum Gasteiger partial charge on any atom is -0.462 e. The number of ether oxygens (including phenoxy) is 2. The summed E-state index contributed by atoms with van der Waals surface area (Å²) in [7, 11) is 0. The van der Waals surface area contributed by atoms with Crippen LogP contribution in [-0.2, 0) is 9.47 Å². The maximum absolute atomic E-state index is 13.1. The lowest BCUT2D eigenvalue weighted by molar-refractivity contribution is 0.0498. The number of esters is 2. The number of carbonyl (C=O) groups excluding carboxylic acids is 2. The number of rotatable bonds is 10. The largest absolute Gasteiger partial charge is 0.462 e. The van der Waals surface area contributed by atoms with Crippen molar-refractivity contribution in [3.05, 3.63) is 59.7 Å². The zero-order valence-corrected chi connectivity index (χ0v) is 20.1. The molecule has 2 aromatic heterocycles. The minimum atomic E-state index is -0.519. The van der Waals surface area contributed by atoms with Crippen LogP contribution in [0.4, 0.5) is 5.82 Å². The molecular formula is C27H30N4O4. The van der Waals surface area contributed by atoms with Gasteiger partial charge in [-0.25, -0.2) is 19.6 Å². The van der Waals surface area contributed by atoms with Crippen molar-refractivity contribution in [2.75, 3.05) is 18.9 Å². The molecule has 8 nitrogen and oxygen atoms in total. The summed E-state index contributed by atoms with van der Waals surface area (Å²) in [4.78, 5) is 34.6. The van der Waals surface area contributed by atoms with Gasteiger partial charge in [-0.15, -0.1) is 0 Å².